The van der Waals surface area contributed by atoms with Crippen LogP contribution >= 0.6 is 35.8 Å². The summed E-state index contributed by atoms with van der Waals surface area (Å²) < 4.78 is 26.4. The highest BCUT2D eigenvalue weighted by molar-refractivity contribution is 7.80. The number of halogens is 4. The van der Waals surface area contributed by atoms with Gasteiger partial charge in [0.15, 0.2) is 11.6 Å². The maximum absolute atomic E-state index is 13.3. The first kappa shape index (κ1) is 17.6. The van der Waals surface area contributed by atoms with Crippen molar-refractivity contribution in [1.82, 2.24) is 0 Å². The van der Waals surface area contributed by atoms with Crippen molar-refractivity contribution in [3.63, 3.8) is 0 Å². The van der Waals surface area contributed by atoms with E-state index in [9.17, 15) is 8.78 Å². The molecule has 2 atom stereocenters. The lowest BCUT2D eigenvalue weighted by molar-refractivity contribution is 0.505. The molecule has 22 heavy (non-hydrogen) atoms. The Bertz CT molecular complexity index is 687. The van der Waals surface area contributed by atoms with Gasteiger partial charge >= 0.3 is 0 Å². The third-order valence-corrected chi connectivity index (χ3v) is 4.72. The summed E-state index contributed by atoms with van der Waals surface area (Å²) in [6, 6.07) is 7.75. The molecule has 0 spiro atoms. The van der Waals surface area contributed by atoms with Gasteiger partial charge in [0.05, 0.1) is 10.0 Å². The van der Waals surface area contributed by atoms with Gasteiger partial charge in [0.1, 0.15) is 0 Å². The van der Waals surface area contributed by atoms with Crippen LogP contribution in [0.1, 0.15) is 41.7 Å². The lowest BCUT2D eigenvalue weighted by Crippen LogP contribution is -2.01. The molecule has 0 amide bonds. The molecule has 0 N–H and O–H groups in total. The summed E-state index contributed by atoms with van der Waals surface area (Å²) >= 11 is 16.7. The highest BCUT2D eigenvalue weighted by atomic mass is 35.5. The second-order valence-electron chi connectivity index (χ2n) is 5.44. The second-order valence-corrected chi connectivity index (χ2v) is 7.00. The van der Waals surface area contributed by atoms with Gasteiger partial charge < -0.3 is 0 Å². The summed E-state index contributed by atoms with van der Waals surface area (Å²) in [6.45, 7) is 3.88. The average molecular weight is 361 g/mol. The van der Waals surface area contributed by atoms with E-state index in [-0.39, 0.29) is 11.2 Å². The number of thiol groups is 1. The quantitative estimate of drug-likeness (QED) is 0.582. The number of benzene rings is 2. The van der Waals surface area contributed by atoms with Crippen LogP contribution in [0.5, 0.6) is 0 Å². The Kier molecular flexibility index (Phi) is 5.76. The molecule has 118 valence electrons. The molecule has 0 heterocycles. The molecule has 2 unspecified atom stereocenters. The van der Waals surface area contributed by atoms with Crippen LogP contribution in [0.2, 0.25) is 10.0 Å². The van der Waals surface area contributed by atoms with E-state index in [4.69, 9.17) is 23.2 Å². The van der Waals surface area contributed by atoms with E-state index in [0.29, 0.717) is 16.5 Å². The molecular weight excluding hydrogens is 345 g/mol. The zero-order chi connectivity index (χ0) is 16.4. The van der Waals surface area contributed by atoms with Crippen molar-refractivity contribution in [2.75, 3.05) is 0 Å². The number of rotatable bonds is 4. The first-order chi connectivity index (χ1) is 10.3. The Labute approximate surface area is 144 Å². The molecule has 0 nitrogen and oxygen atoms in total. The summed E-state index contributed by atoms with van der Waals surface area (Å²) in [6.07, 6.45) is 0.648. The van der Waals surface area contributed by atoms with Gasteiger partial charge in [-0.1, -0.05) is 42.3 Å². The van der Waals surface area contributed by atoms with Crippen LogP contribution < -0.4 is 0 Å². The number of hydrogen-bond donors (Lipinski definition) is 1. The van der Waals surface area contributed by atoms with Gasteiger partial charge in [-0.3, -0.25) is 0 Å². The van der Waals surface area contributed by atoms with Crippen molar-refractivity contribution < 1.29 is 8.78 Å². The summed E-state index contributed by atoms with van der Waals surface area (Å²) in [4.78, 5) is 0. The maximum atomic E-state index is 13.3. The first-order valence-corrected chi connectivity index (χ1v) is 8.17. The molecule has 0 saturated carbocycles. The lowest BCUT2D eigenvalue weighted by atomic mass is 9.92. The highest BCUT2D eigenvalue weighted by Crippen LogP contribution is 2.35. The van der Waals surface area contributed by atoms with E-state index >= 15 is 0 Å². The van der Waals surface area contributed by atoms with Gasteiger partial charge in [-0.05, 0) is 54.2 Å². The van der Waals surface area contributed by atoms with Crippen LogP contribution in [0.15, 0.2) is 30.3 Å². The van der Waals surface area contributed by atoms with Gasteiger partial charge in [0.25, 0.3) is 0 Å². The Hall–Kier alpha value is -0.770. The van der Waals surface area contributed by atoms with Gasteiger partial charge in [-0.2, -0.15) is 12.6 Å². The molecule has 0 bridgehead atoms. The minimum absolute atomic E-state index is 0.0235. The third-order valence-electron chi connectivity index (χ3n) is 3.62. The molecule has 0 aliphatic carbocycles. The molecule has 0 aliphatic rings. The molecule has 2 aromatic rings. The minimum Gasteiger partial charge on any atom is -0.204 e. The smallest absolute Gasteiger partial charge is 0.159 e. The standard InChI is InChI=1S/C17H16Cl2F2S/c1-9(12-3-4-15(20)16(21)8-12)5-11-6-13(10(2)22)17(19)14(18)7-11/h3-4,6-10,22H,5H2,1-2H3. The van der Waals surface area contributed by atoms with E-state index < -0.39 is 11.6 Å². The van der Waals surface area contributed by atoms with Crippen molar-refractivity contribution in [3.05, 3.63) is 68.7 Å². The third kappa shape index (κ3) is 3.95. The van der Waals surface area contributed by atoms with Crippen molar-refractivity contribution in [2.24, 2.45) is 0 Å². The van der Waals surface area contributed by atoms with Gasteiger partial charge in [0, 0.05) is 5.25 Å². The van der Waals surface area contributed by atoms with Crippen molar-refractivity contribution >= 4 is 35.8 Å². The summed E-state index contributed by atoms with van der Waals surface area (Å²) in [5.41, 5.74) is 2.60. The molecule has 2 rings (SSSR count). The summed E-state index contributed by atoms with van der Waals surface area (Å²) in [5, 5.41) is 0.949. The fourth-order valence-corrected chi connectivity index (χ4v) is 3.18. The fraction of sp³-hybridized carbons (Fsp3) is 0.294. The van der Waals surface area contributed by atoms with E-state index in [1.807, 2.05) is 19.9 Å². The normalized spacial score (nSPS) is 14.0. The molecule has 0 saturated heterocycles. The zero-order valence-corrected chi connectivity index (χ0v) is 14.6. The van der Waals surface area contributed by atoms with Crippen LogP contribution in [-0.2, 0) is 6.42 Å². The van der Waals surface area contributed by atoms with Crippen LogP contribution in [0.4, 0.5) is 8.78 Å². The molecule has 2 aromatic carbocycles. The predicted molar refractivity (Wildman–Crippen MR) is 92.3 cm³/mol. The molecule has 0 fully saturated rings. The second kappa shape index (κ2) is 7.20. The van der Waals surface area contributed by atoms with E-state index in [1.165, 1.54) is 6.07 Å². The van der Waals surface area contributed by atoms with Crippen LogP contribution in [0.3, 0.4) is 0 Å². The van der Waals surface area contributed by atoms with Crippen molar-refractivity contribution in [2.45, 2.75) is 31.4 Å². The molecule has 5 heteroatoms. The monoisotopic (exact) mass is 360 g/mol. The van der Waals surface area contributed by atoms with Gasteiger partial charge in [-0.25, -0.2) is 8.78 Å². The summed E-state index contributed by atoms with van der Waals surface area (Å²) in [7, 11) is 0. The Balaban J connectivity index is 2.28. The average Bonchev–Trinajstić information content (AvgIpc) is 2.45. The topological polar surface area (TPSA) is 0 Å². The van der Waals surface area contributed by atoms with Crippen LogP contribution in [0.25, 0.3) is 0 Å². The van der Waals surface area contributed by atoms with E-state index in [1.54, 1.807) is 12.1 Å². The first-order valence-electron chi connectivity index (χ1n) is 6.90. The SMILES string of the molecule is CC(S)c1cc(CC(C)c2ccc(F)c(F)c2)cc(Cl)c1Cl. The molecule has 0 aromatic heterocycles. The number of hydrogen-bond acceptors (Lipinski definition) is 1. The fourth-order valence-electron chi connectivity index (χ4n) is 2.38. The Morgan fingerprint density at radius 1 is 1.05 bits per heavy atom. The minimum atomic E-state index is -0.836. The highest BCUT2D eigenvalue weighted by Gasteiger charge is 2.15. The van der Waals surface area contributed by atoms with E-state index in [0.717, 1.165) is 22.8 Å². The maximum Gasteiger partial charge on any atom is 0.159 e. The Morgan fingerprint density at radius 3 is 2.32 bits per heavy atom. The van der Waals surface area contributed by atoms with Crippen LogP contribution in [0, 0.1) is 11.6 Å². The lowest BCUT2D eigenvalue weighted by Gasteiger charge is -2.16. The zero-order valence-electron chi connectivity index (χ0n) is 12.2. The van der Waals surface area contributed by atoms with Gasteiger partial charge in [-0.15, -0.1) is 0 Å². The molecule has 0 aliphatic heterocycles. The molecular formula is C17H16Cl2F2S. The van der Waals surface area contributed by atoms with Crippen molar-refractivity contribution in [3.8, 4) is 0 Å². The largest absolute Gasteiger partial charge is 0.204 e. The van der Waals surface area contributed by atoms with Gasteiger partial charge in [0.2, 0.25) is 0 Å². The predicted octanol–water partition coefficient (Wildman–Crippen LogP) is 6.61. The Morgan fingerprint density at radius 2 is 1.73 bits per heavy atom. The molecule has 0 radical (unpaired) electrons. The van der Waals surface area contributed by atoms with Crippen LogP contribution in [-0.4, -0.2) is 0 Å². The van der Waals surface area contributed by atoms with Crippen molar-refractivity contribution in [1.29, 1.82) is 0 Å². The summed E-state index contributed by atoms with van der Waals surface area (Å²) in [5.74, 6) is -1.64. The van der Waals surface area contributed by atoms with E-state index in [2.05, 4.69) is 12.6 Å².